The summed E-state index contributed by atoms with van der Waals surface area (Å²) in [6.07, 6.45) is 3.59. The summed E-state index contributed by atoms with van der Waals surface area (Å²) in [5, 5.41) is 8.96. The van der Waals surface area contributed by atoms with Crippen LogP contribution in [0, 0.1) is 0 Å². The Morgan fingerprint density at radius 1 is 1.44 bits per heavy atom. The van der Waals surface area contributed by atoms with Gasteiger partial charge in [-0.15, -0.1) is 0 Å². The largest absolute Gasteiger partial charge is 0.395 e. The normalized spacial score (nSPS) is 11.0. The van der Waals surface area contributed by atoms with Crippen LogP contribution in [0.5, 0.6) is 0 Å². The molecule has 0 spiro atoms. The van der Waals surface area contributed by atoms with Gasteiger partial charge in [0.2, 0.25) is 0 Å². The molecule has 0 radical (unpaired) electrons. The average Bonchev–Trinajstić information content (AvgIpc) is 2.26. The number of hydrogen-bond donors (Lipinski definition) is 1. The van der Waals surface area contributed by atoms with Gasteiger partial charge in [0.05, 0.1) is 13.2 Å². The van der Waals surface area contributed by atoms with Crippen molar-refractivity contribution in [2.45, 2.75) is 6.54 Å². The van der Waals surface area contributed by atoms with Crippen molar-refractivity contribution in [3.05, 3.63) is 28.5 Å². The number of ether oxygens (including phenoxy) is 1. The Hall–Kier alpha value is -0.490. The van der Waals surface area contributed by atoms with E-state index in [9.17, 15) is 0 Å². The van der Waals surface area contributed by atoms with Crippen LogP contribution in [0.1, 0.15) is 5.56 Å². The van der Waals surface area contributed by atoms with Crippen LogP contribution in [0.25, 0.3) is 0 Å². The molecule has 0 aromatic carbocycles. The maximum atomic E-state index is 8.96. The lowest BCUT2D eigenvalue weighted by atomic mass is 10.2. The van der Waals surface area contributed by atoms with Gasteiger partial charge in [-0.05, 0) is 27.6 Å². The standard InChI is InChI=1S/C11H17BrN2O2/c1-16-5-3-14(2-4-15)9-10-6-11(12)8-13-7-10/h6-8,15H,2-5,9H2,1H3. The zero-order valence-corrected chi connectivity index (χ0v) is 11.0. The van der Waals surface area contributed by atoms with E-state index in [1.165, 1.54) is 0 Å². The number of aliphatic hydroxyl groups is 1. The summed E-state index contributed by atoms with van der Waals surface area (Å²) in [6.45, 7) is 3.06. The lowest BCUT2D eigenvalue weighted by Gasteiger charge is -2.20. The zero-order chi connectivity index (χ0) is 11.8. The number of rotatable bonds is 7. The number of aromatic nitrogens is 1. The van der Waals surface area contributed by atoms with Crippen LogP contribution >= 0.6 is 15.9 Å². The van der Waals surface area contributed by atoms with E-state index in [0.717, 1.165) is 23.1 Å². The molecule has 0 saturated heterocycles. The van der Waals surface area contributed by atoms with Crippen LogP contribution in [0.2, 0.25) is 0 Å². The fourth-order valence-corrected chi connectivity index (χ4v) is 1.84. The van der Waals surface area contributed by atoms with Gasteiger partial charge in [0.1, 0.15) is 0 Å². The number of methoxy groups -OCH3 is 1. The fourth-order valence-electron chi connectivity index (χ4n) is 1.43. The van der Waals surface area contributed by atoms with Crippen molar-refractivity contribution in [3.8, 4) is 0 Å². The van der Waals surface area contributed by atoms with E-state index in [-0.39, 0.29) is 6.61 Å². The van der Waals surface area contributed by atoms with Crippen molar-refractivity contribution < 1.29 is 9.84 Å². The van der Waals surface area contributed by atoms with Crippen molar-refractivity contribution in [2.24, 2.45) is 0 Å². The molecule has 0 atom stereocenters. The Morgan fingerprint density at radius 3 is 2.88 bits per heavy atom. The Labute approximate surface area is 104 Å². The van der Waals surface area contributed by atoms with Crippen LogP contribution in [0.15, 0.2) is 22.9 Å². The molecule has 90 valence electrons. The zero-order valence-electron chi connectivity index (χ0n) is 9.40. The number of hydrogen-bond acceptors (Lipinski definition) is 4. The van der Waals surface area contributed by atoms with Crippen LogP contribution < -0.4 is 0 Å². The van der Waals surface area contributed by atoms with E-state index in [1.807, 2.05) is 12.3 Å². The molecule has 1 rings (SSSR count). The molecule has 0 unspecified atom stereocenters. The van der Waals surface area contributed by atoms with Crippen molar-refractivity contribution in [1.29, 1.82) is 0 Å². The second-order valence-electron chi connectivity index (χ2n) is 3.50. The van der Waals surface area contributed by atoms with Crippen LogP contribution in [0.4, 0.5) is 0 Å². The minimum absolute atomic E-state index is 0.158. The van der Waals surface area contributed by atoms with Gasteiger partial charge in [0.25, 0.3) is 0 Å². The van der Waals surface area contributed by atoms with Crippen molar-refractivity contribution in [3.63, 3.8) is 0 Å². The first kappa shape index (κ1) is 13.6. The summed E-state index contributed by atoms with van der Waals surface area (Å²) in [6, 6.07) is 2.03. The summed E-state index contributed by atoms with van der Waals surface area (Å²) in [5.41, 5.74) is 1.12. The van der Waals surface area contributed by atoms with Gasteiger partial charge in [0, 0.05) is 43.6 Å². The molecule has 1 heterocycles. The molecule has 1 aromatic heterocycles. The predicted molar refractivity (Wildman–Crippen MR) is 66.2 cm³/mol. The molecule has 0 fully saturated rings. The second-order valence-corrected chi connectivity index (χ2v) is 4.42. The topological polar surface area (TPSA) is 45.6 Å². The molecule has 0 aliphatic heterocycles. The van der Waals surface area contributed by atoms with Gasteiger partial charge in [-0.25, -0.2) is 0 Å². The first-order chi connectivity index (χ1) is 7.76. The lowest BCUT2D eigenvalue weighted by molar-refractivity contribution is 0.127. The summed E-state index contributed by atoms with van der Waals surface area (Å²) in [5.74, 6) is 0. The molecular formula is C11H17BrN2O2. The molecule has 4 nitrogen and oxygen atoms in total. The SMILES string of the molecule is COCCN(CCO)Cc1cncc(Br)c1. The van der Waals surface area contributed by atoms with E-state index in [0.29, 0.717) is 13.2 Å². The van der Waals surface area contributed by atoms with E-state index in [4.69, 9.17) is 9.84 Å². The highest BCUT2D eigenvalue weighted by atomic mass is 79.9. The summed E-state index contributed by atoms with van der Waals surface area (Å²) < 4.78 is 6.00. The van der Waals surface area contributed by atoms with E-state index >= 15 is 0 Å². The number of nitrogens with zero attached hydrogens (tertiary/aromatic N) is 2. The Kier molecular flexibility index (Phi) is 6.56. The Morgan fingerprint density at radius 2 is 2.25 bits per heavy atom. The lowest BCUT2D eigenvalue weighted by Crippen LogP contribution is -2.29. The third-order valence-electron chi connectivity index (χ3n) is 2.20. The third kappa shape index (κ3) is 5.03. The number of aliphatic hydroxyl groups excluding tert-OH is 1. The first-order valence-electron chi connectivity index (χ1n) is 5.18. The smallest absolute Gasteiger partial charge is 0.0589 e. The van der Waals surface area contributed by atoms with Gasteiger partial charge in [0.15, 0.2) is 0 Å². The summed E-state index contributed by atoms with van der Waals surface area (Å²) in [4.78, 5) is 6.24. The molecule has 0 aliphatic rings. The molecular weight excluding hydrogens is 272 g/mol. The average molecular weight is 289 g/mol. The maximum absolute atomic E-state index is 8.96. The maximum Gasteiger partial charge on any atom is 0.0589 e. The van der Waals surface area contributed by atoms with E-state index in [1.54, 1.807) is 13.3 Å². The molecule has 16 heavy (non-hydrogen) atoms. The highest BCUT2D eigenvalue weighted by Crippen LogP contribution is 2.11. The Balaban J connectivity index is 2.52. The van der Waals surface area contributed by atoms with Crippen LogP contribution in [0.3, 0.4) is 0 Å². The Bertz CT molecular complexity index is 310. The third-order valence-corrected chi connectivity index (χ3v) is 2.63. The molecule has 5 heteroatoms. The summed E-state index contributed by atoms with van der Waals surface area (Å²) in [7, 11) is 1.68. The van der Waals surface area contributed by atoms with E-state index in [2.05, 4.69) is 25.8 Å². The molecule has 1 N–H and O–H groups in total. The van der Waals surface area contributed by atoms with Crippen molar-refractivity contribution in [1.82, 2.24) is 9.88 Å². The highest BCUT2D eigenvalue weighted by Gasteiger charge is 2.05. The molecule has 0 saturated carbocycles. The van der Waals surface area contributed by atoms with Crippen molar-refractivity contribution in [2.75, 3.05) is 33.4 Å². The van der Waals surface area contributed by atoms with E-state index < -0.39 is 0 Å². The monoisotopic (exact) mass is 288 g/mol. The van der Waals surface area contributed by atoms with Crippen LogP contribution in [-0.4, -0.2) is 48.4 Å². The fraction of sp³-hybridized carbons (Fsp3) is 0.545. The minimum Gasteiger partial charge on any atom is -0.395 e. The molecule has 0 bridgehead atoms. The number of halogens is 1. The minimum atomic E-state index is 0.158. The van der Waals surface area contributed by atoms with Crippen molar-refractivity contribution >= 4 is 15.9 Å². The van der Waals surface area contributed by atoms with Gasteiger partial charge in [-0.3, -0.25) is 9.88 Å². The van der Waals surface area contributed by atoms with Gasteiger partial charge in [-0.2, -0.15) is 0 Å². The van der Waals surface area contributed by atoms with Gasteiger partial charge < -0.3 is 9.84 Å². The van der Waals surface area contributed by atoms with Gasteiger partial charge in [-0.1, -0.05) is 0 Å². The highest BCUT2D eigenvalue weighted by molar-refractivity contribution is 9.10. The molecule has 1 aromatic rings. The number of pyridine rings is 1. The molecule has 0 amide bonds. The summed E-state index contributed by atoms with van der Waals surface area (Å²) >= 11 is 3.39. The van der Waals surface area contributed by atoms with Crippen LogP contribution in [-0.2, 0) is 11.3 Å². The second kappa shape index (κ2) is 7.73. The predicted octanol–water partition coefficient (Wildman–Crippen LogP) is 1.28. The first-order valence-corrected chi connectivity index (χ1v) is 5.97. The quantitative estimate of drug-likeness (QED) is 0.821. The van der Waals surface area contributed by atoms with Gasteiger partial charge >= 0.3 is 0 Å². The molecule has 0 aliphatic carbocycles.